The van der Waals surface area contributed by atoms with Crippen molar-refractivity contribution < 1.29 is 23.8 Å². The Balaban J connectivity index is 1.82. The van der Waals surface area contributed by atoms with Gasteiger partial charge in [-0.2, -0.15) is 0 Å². The first-order valence-electron chi connectivity index (χ1n) is 9.70. The summed E-state index contributed by atoms with van der Waals surface area (Å²) in [5.74, 6) is -1.75. The van der Waals surface area contributed by atoms with Crippen LogP contribution in [-0.4, -0.2) is 28.4 Å². The second kappa shape index (κ2) is 8.69. The lowest BCUT2D eigenvalue weighted by Crippen LogP contribution is -2.29. The Kier molecular flexibility index (Phi) is 5.81. The number of anilines is 1. The number of carbonyl (C=O) groups is 2. The Morgan fingerprint density at radius 2 is 1.87 bits per heavy atom. The number of hydrogen-bond acceptors (Lipinski definition) is 6. The van der Waals surface area contributed by atoms with E-state index in [0.717, 1.165) is 6.42 Å². The van der Waals surface area contributed by atoms with Gasteiger partial charge in [-0.15, -0.1) is 11.3 Å². The van der Waals surface area contributed by atoms with Crippen LogP contribution in [0.1, 0.15) is 30.5 Å². The number of amides is 1. The molecule has 6 nitrogen and oxygen atoms in total. The molecule has 4 rings (SSSR count). The monoisotopic (exact) mass is 438 g/mol. The Hall–Kier alpha value is -3.52. The average molecular weight is 438 g/mol. The average Bonchev–Trinajstić information content (AvgIpc) is 3.40. The molecule has 0 spiro atoms. The van der Waals surface area contributed by atoms with E-state index in [2.05, 4.69) is 4.98 Å². The molecule has 1 unspecified atom stereocenters. The number of aromatic nitrogens is 1. The van der Waals surface area contributed by atoms with Crippen LogP contribution >= 0.6 is 11.3 Å². The largest absolute Gasteiger partial charge is 0.507 e. The van der Waals surface area contributed by atoms with Crippen LogP contribution in [0.2, 0.25) is 0 Å². The van der Waals surface area contributed by atoms with Gasteiger partial charge in [-0.25, -0.2) is 9.37 Å². The number of carbonyl (C=O) groups excluding carboxylic acids is 2. The van der Waals surface area contributed by atoms with Gasteiger partial charge in [0.2, 0.25) is 0 Å². The Morgan fingerprint density at radius 1 is 1.16 bits per heavy atom. The van der Waals surface area contributed by atoms with Crippen LogP contribution in [0.15, 0.2) is 65.7 Å². The van der Waals surface area contributed by atoms with E-state index in [1.165, 1.54) is 46.7 Å². The highest BCUT2D eigenvalue weighted by atomic mass is 32.1. The van der Waals surface area contributed by atoms with Crippen LogP contribution in [0.25, 0.3) is 5.76 Å². The number of Topliss-reactive ketones (excluding diaryl/α,β-unsaturated/α-hetero) is 1. The fraction of sp³-hybridized carbons (Fsp3) is 0.174. The lowest BCUT2D eigenvalue weighted by molar-refractivity contribution is -0.132. The van der Waals surface area contributed by atoms with Gasteiger partial charge in [0.25, 0.3) is 5.78 Å². The molecule has 1 aromatic heterocycles. The summed E-state index contributed by atoms with van der Waals surface area (Å²) in [5.41, 5.74) is 0.780. The first-order chi connectivity index (χ1) is 15.0. The zero-order valence-corrected chi connectivity index (χ0v) is 17.4. The van der Waals surface area contributed by atoms with E-state index in [9.17, 15) is 19.1 Å². The number of aliphatic hydroxyl groups is 1. The quantitative estimate of drug-likeness (QED) is 0.343. The number of rotatable bonds is 6. The highest BCUT2D eigenvalue weighted by Crippen LogP contribution is 2.42. The highest BCUT2D eigenvalue weighted by molar-refractivity contribution is 7.14. The fourth-order valence-corrected chi connectivity index (χ4v) is 4.08. The molecule has 31 heavy (non-hydrogen) atoms. The van der Waals surface area contributed by atoms with Crippen molar-refractivity contribution in [1.82, 2.24) is 4.98 Å². The maximum absolute atomic E-state index is 13.5. The van der Waals surface area contributed by atoms with Crippen molar-refractivity contribution >= 4 is 33.9 Å². The molecule has 1 aliphatic rings. The maximum atomic E-state index is 13.5. The topological polar surface area (TPSA) is 79.7 Å². The Morgan fingerprint density at radius 3 is 2.48 bits per heavy atom. The fourth-order valence-electron chi connectivity index (χ4n) is 3.41. The number of ketones is 1. The molecule has 1 atom stereocenters. The number of thiazole rings is 1. The van der Waals surface area contributed by atoms with Crippen LogP contribution in [-0.2, 0) is 9.59 Å². The maximum Gasteiger partial charge on any atom is 0.301 e. The second-order valence-electron chi connectivity index (χ2n) is 6.91. The summed E-state index contributed by atoms with van der Waals surface area (Å²) >= 11 is 1.19. The third-order valence-corrected chi connectivity index (χ3v) is 5.63. The Bertz CT molecular complexity index is 1130. The number of halogens is 1. The van der Waals surface area contributed by atoms with Gasteiger partial charge in [0.15, 0.2) is 5.13 Å². The van der Waals surface area contributed by atoms with E-state index in [0.29, 0.717) is 28.6 Å². The van der Waals surface area contributed by atoms with E-state index in [4.69, 9.17) is 4.74 Å². The standard InChI is InChI=1S/C23H19FN2O4S/c1-2-12-30-17-9-5-15(6-10-17)20(27)18-19(14-3-7-16(24)8-4-14)26(22(29)21(18)28)23-25-11-13-31-23/h3-11,13,19,27H,2,12H2,1H3. The van der Waals surface area contributed by atoms with Crippen LogP contribution < -0.4 is 9.64 Å². The number of nitrogens with zero attached hydrogens (tertiary/aromatic N) is 2. The van der Waals surface area contributed by atoms with Gasteiger partial charge in [0.1, 0.15) is 17.3 Å². The molecule has 2 heterocycles. The molecular formula is C23H19FN2O4S. The van der Waals surface area contributed by atoms with E-state index in [-0.39, 0.29) is 11.3 Å². The molecule has 8 heteroatoms. The second-order valence-corrected chi connectivity index (χ2v) is 7.78. The summed E-state index contributed by atoms with van der Waals surface area (Å²) in [4.78, 5) is 31.2. The van der Waals surface area contributed by atoms with E-state index < -0.39 is 23.5 Å². The highest BCUT2D eigenvalue weighted by Gasteiger charge is 2.47. The summed E-state index contributed by atoms with van der Waals surface area (Å²) in [6.07, 6.45) is 2.38. The third-order valence-electron chi connectivity index (χ3n) is 4.86. The van der Waals surface area contributed by atoms with E-state index in [1.54, 1.807) is 29.6 Å². The van der Waals surface area contributed by atoms with Crippen molar-refractivity contribution in [2.75, 3.05) is 11.5 Å². The molecule has 0 radical (unpaired) electrons. The Labute approximate surface area is 182 Å². The number of hydrogen-bond donors (Lipinski definition) is 1. The van der Waals surface area contributed by atoms with Gasteiger partial charge in [-0.1, -0.05) is 19.1 Å². The molecular weight excluding hydrogens is 419 g/mol. The molecule has 1 N–H and O–H groups in total. The van der Waals surface area contributed by atoms with Crippen LogP contribution in [0.4, 0.5) is 9.52 Å². The summed E-state index contributed by atoms with van der Waals surface area (Å²) in [5, 5.41) is 13.0. The van der Waals surface area contributed by atoms with Gasteiger partial charge in [0, 0.05) is 17.1 Å². The lowest BCUT2D eigenvalue weighted by atomic mass is 9.95. The molecule has 0 aliphatic carbocycles. The number of benzene rings is 2. The van der Waals surface area contributed by atoms with Gasteiger partial charge >= 0.3 is 5.91 Å². The summed E-state index contributed by atoms with van der Waals surface area (Å²) in [6.45, 7) is 2.56. The van der Waals surface area contributed by atoms with Crippen molar-refractivity contribution in [3.8, 4) is 5.75 Å². The molecule has 1 saturated heterocycles. The molecule has 0 bridgehead atoms. The molecule has 3 aromatic rings. The summed E-state index contributed by atoms with van der Waals surface area (Å²) in [6, 6.07) is 11.2. The van der Waals surface area contributed by atoms with Crippen molar-refractivity contribution in [3.05, 3.63) is 82.6 Å². The normalized spacial score (nSPS) is 17.9. The van der Waals surface area contributed by atoms with Crippen molar-refractivity contribution in [2.24, 2.45) is 0 Å². The first kappa shape index (κ1) is 20.7. The predicted molar refractivity (Wildman–Crippen MR) is 116 cm³/mol. The van der Waals surface area contributed by atoms with Crippen molar-refractivity contribution in [2.45, 2.75) is 19.4 Å². The van der Waals surface area contributed by atoms with Crippen LogP contribution in [0.3, 0.4) is 0 Å². The predicted octanol–water partition coefficient (Wildman–Crippen LogP) is 4.70. The van der Waals surface area contributed by atoms with E-state index in [1.807, 2.05) is 6.92 Å². The van der Waals surface area contributed by atoms with Gasteiger partial charge in [-0.05, 0) is 48.4 Å². The number of ether oxygens (including phenoxy) is 1. The minimum absolute atomic E-state index is 0.0750. The summed E-state index contributed by atoms with van der Waals surface area (Å²) < 4.78 is 19.1. The van der Waals surface area contributed by atoms with E-state index >= 15 is 0 Å². The summed E-state index contributed by atoms with van der Waals surface area (Å²) in [7, 11) is 0. The van der Waals surface area contributed by atoms with Crippen LogP contribution in [0, 0.1) is 5.82 Å². The van der Waals surface area contributed by atoms with Crippen molar-refractivity contribution in [1.29, 1.82) is 0 Å². The van der Waals surface area contributed by atoms with Crippen LogP contribution in [0.5, 0.6) is 5.75 Å². The molecule has 1 aliphatic heterocycles. The zero-order chi connectivity index (χ0) is 22.0. The smallest absolute Gasteiger partial charge is 0.301 e. The molecule has 2 aromatic carbocycles. The lowest BCUT2D eigenvalue weighted by Gasteiger charge is -2.23. The first-order valence-corrected chi connectivity index (χ1v) is 10.6. The number of aliphatic hydroxyl groups excluding tert-OH is 1. The molecule has 158 valence electrons. The SMILES string of the molecule is CCCOc1ccc(C(O)=C2C(=O)C(=O)N(c3nccs3)C2c2ccc(F)cc2)cc1. The van der Waals surface area contributed by atoms with Gasteiger partial charge in [0.05, 0.1) is 18.2 Å². The molecule has 1 fully saturated rings. The van der Waals surface area contributed by atoms with Gasteiger partial charge < -0.3 is 9.84 Å². The molecule has 1 amide bonds. The van der Waals surface area contributed by atoms with Gasteiger partial charge in [-0.3, -0.25) is 14.5 Å². The molecule has 0 saturated carbocycles. The van der Waals surface area contributed by atoms with Crippen molar-refractivity contribution in [3.63, 3.8) is 0 Å². The minimum Gasteiger partial charge on any atom is -0.507 e. The third kappa shape index (κ3) is 3.94. The zero-order valence-electron chi connectivity index (χ0n) is 16.6. The minimum atomic E-state index is -0.928.